The van der Waals surface area contributed by atoms with Crippen LogP contribution < -0.4 is 5.73 Å². The lowest BCUT2D eigenvalue weighted by Crippen LogP contribution is -1.96. The molecule has 17 heavy (non-hydrogen) atoms. The van der Waals surface area contributed by atoms with E-state index in [1.807, 2.05) is 41.9 Å². The molecule has 1 aromatic heterocycles. The van der Waals surface area contributed by atoms with Gasteiger partial charge in [0.2, 0.25) is 0 Å². The maximum Gasteiger partial charge on any atom is 0.112 e. The Labute approximate surface area is 100 Å². The van der Waals surface area contributed by atoms with Gasteiger partial charge in [0.15, 0.2) is 0 Å². The minimum Gasteiger partial charge on any atom is -0.385 e. The van der Waals surface area contributed by atoms with Crippen LogP contribution in [-0.2, 0) is 7.05 Å². The van der Waals surface area contributed by atoms with E-state index in [4.69, 9.17) is 5.73 Å². The number of nitrogens with zero attached hydrogens (tertiary/aromatic N) is 1. The fourth-order valence-corrected chi connectivity index (χ4v) is 2.32. The number of benzene rings is 2. The van der Waals surface area contributed by atoms with E-state index in [0.717, 1.165) is 11.4 Å². The van der Waals surface area contributed by atoms with Crippen molar-refractivity contribution in [1.82, 2.24) is 4.57 Å². The Morgan fingerprint density at radius 2 is 1.53 bits per heavy atom. The Balaban J connectivity index is 2.41. The van der Waals surface area contributed by atoms with Crippen molar-refractivity contribution >= 4 is 16.7 Å². The molecule has 0 atom stereocenters. The van der Waals surface area contributed by atoms with Crippen molar-refractivity contribution in [1.29, 1.82) is 0 Å². The molecule has 84 valence electrons. The zero-order valence-corrected chi connectivity index (χ0v) is 9.72. The van der Waals surface area contributed by atoms with Gasteiger partial charge in [-0.2, -0.15) is 0 Å². The smallest absolute Gasteiger partial charge is 0.112 e. The van der Waals surface area contributed by atoms with Gasteiger partial charge in [-0.05, 0) is 11.6 Å². The number of nitrogen functional groups attached to an aromatic ring is 1. The number of hydrogen-bond donors (Lipinski definition) is 1. The standard InChI is InChI=1S/C15H14N2/c1-17-13-10-6-5-9-12(13)14(15(17)16)11-7-3-2-4-8-11/h2-10H,16H2,1H3. The van der Waals surface area contributed by atoms with Crippen LogP contribution in [-0.4, -0.2) is 4.57 Å². The molecule has 0 amide bonds. The summed E-state index contributed by atoms with van der Waals surface area (Å²) in [6, 6.07) is 18.6. The van der Waals surface area contributed by atoms with Gasteiger partial charge in [-0.15, -0.1) is 0 Å². The maximum absolute atomic E-state index is 6.21. The first-order valence-electron chi connectivity index (χ1n) is 5.67. The van der Waals surface area contributed by atoms with Gasteiger partial charge in [-0.25, -0.2) is 0 Å². The fraction of sp³-hybridized carbons (Fsp3) is 0.0667. The summed E-state index contributed by atoms with van der Waals surface area (Å²) < 4.78 is 2.04. The van der Waals surface area contributed by atoms with Crippen molar-refractivity contribution < 1.29 is 0 Å². The van der Waals surface area contributed by atoms with Crippen LogP contribution in [0.4, 0.5) is 5.82 Å². The van der Waals surface area contributed by atoms with Crippen LogP contribution >= 0.6 is 0 Å². The molecule has 2 nitrogen and oxygen atoms in total. The highest BCUT2D eigenvalue weighted by molar-refractivity contribution is 6.02. The number of nitrogens with two attached hydrogens (primary N) is 1. The molecule has 0 aliphatic carbocycles. The first-order chi connectivity index (χ1) is 8.29. The fourth-order valence-electron chi connectivity index (χ4n) is 2.32. The van der Waals surface area contributed by atoms with Gasteiger partial charge >= 0.3 is 0 Å². The van der Waals surface area contributed by atoms with E-state index in [1.165, 1.54) is 16.5 Å². The predicted molar refractivity (Wildman–Crippen MR) is 72.8 cm³/mol. The van der Waals surface area contributed by atoms with Gasteiger partial charge in [-0.3, -0.25) is 0 Å². The molecule has 0 spiro atoms. The Morgan fingerprint density at radius 1 is 0.882 bits per heavy atom. The van der Waals surface area contributed by atoms with E-state index in [9.17, 15) is 0 Å². The molecule has 2 N–H and O–H groups in total. The number of aryl methyl sites for hydroxylation is 1. The van der Waals surface area contributed by atoms with E-state index in [0.29, 0.717) is 0 Å². The molecule has 2 aromatic carbocycles. The average Bonchev–Trinajstić information content (AvgIpc) is 2.64. The monoisotopic (exact) mass is 222 g/mol. The minimum absolute atomic E-state index is 0.817. The van der Waals surface area contributed by atoms with Gasteiger partial charge in [0.1, 0.15) is 5.82 Å². The second kappa shape index (κ2) is 3.67. The Hall–Kier alpha value is -2.22. The highest BCUT2D eigenvalue weighted by Gasteiger charge is 2.13. The Morgan fingerprint density at radius 3 is 2.29 bits per heavy atom. The topological polar surface area (TPSA) is 30.9 Å². The van der Waals surface area contributed by atoms with E-state index in [2.05, 4.69) is 24.3 Å². The summed E-state index contributed by atoms with van der Waals surface area (Å²) in [7, 11) is 2.00. The van der Waals surface area contributed by atoms with Gasteiger partial charge in [-0.1, -0.05) is 48.5 Å². The number of anilines is 1. The first-order valence-corrected chi connectivity index (χ1v) is 5.67. The molecule has 0 radical (unpaired) electrons. The average molecular weight is 222 g/mol. The van der Waals surface area contributed by atoms with E-state index < -0.39 is 0 Å². The quantitative estimate of drug-likeness (QED) is 0.672. The Kier molecular flexibility index (Phi) is 2.15. The second-order valence-electron chi connectivity index (χ2n) is 4.20. The summed E-state index contributed by atoms with van der Waals surface area (Å²) in [5, 5.41) is 1.21. The normalized spacial score (nSPS) is 10.9. The molecule has 0 bridgehead atoms. The van der Waals surface area contributed by atoms with Gasteiger partial charge in [0, 0.05) is 23.5 Å². The van der Waals surface area contributed by atoms with Crippen LogP contribution in [0.3, 0.4) is 0 Å². The molecular weight excluding hydrogens is 208 g/mol. The number of hydrogen-bond acceptors (Lipinski definition) is 1. The van der Waals surface area contributed by atoms with Crippen molar-refractivity contribution in [3.8, 4) is 11.1 Å². The van der Waals surface area contributed by atoms with Gasteiger partial charge < -0.3 is 10.3 Å². The maximum atomic E-state index is 6.21. The summed E-state index contributed by atoms with van der Waals surface area (Å²) in [5.41, 5.74) is 9.68. The zero-order valence-electron chi connectivity index (χ0n) is 9.72. The summed E-state index contributed by atoms with van der Waals surface area (Å²) in [6.45, 7) is 0. The van der Waals surface area contributed by atoms with Crippen LogP contribution in [0.5, 0.6) is 0 Å². The SMILES string of the molecule is Cn1c(N)c(-c2ccccc2)c2ccccc21. The van der Waals surface area contributed by atoms with Crippen molar-refractivity contribution in [3.05, 3.63) is 54.6 Å². The number of fused-ring (bicyclic) bond motifs is 1. The van der Waals surface area contributed by atoms with Crippen LogP contribution in [0.2, 0.25) is 0 Å². The van der Waals surface area contributed by atoms with Crippen LogP contribution in [0.25, 0.3) is 22.0 Å². The molecule has 0 saturated heterocycles. The zero-order chi connectivity index (χ0) is 11.8. The summed E-state index contributed by atoms with van der Waals surface area (Å²) in [6.07, 6.45) is 0. The number of rotatable bonds is 1. The van der Waals surface area contributed by atoms with E-state index >= 15 is 0 Å². The van der Waals surface area contributed by atoms with Gasteiger partial charge in [0.25, 0.3) is 0 Å². The lowest BCUT2D eigenvalue weighted by molar-refractivity contribution is 0.984. The molecule has 3 aromatic rings. The summed E-state index contributed by atoms with van der Waals surface area (Å²) in [5.74, 6) is 0.817. The van der Waals surface area contributed by atoms with Crippen molar-refractivity contribution in [2.45, 2.75) is 0 Å². The third kappa shape index (κ3) is 1.41. The third-order valence-corrected chi connectivity index (χ3v) is 3.21. The molecule has 0 saturated carbocycles. The van der Waals surface area contributed by atoms with Crippen LogP contribution in [0.1, 0.15) is 0 Å². The van der Waals surface area contributed by atoms with Crippen molar-refractivity contribution in [3.63, 3.8) is 0 Å². The van der Waals surface area contributed by atoms with Gasteiger partial charge in [0.05, 0.1) is 0 Å². The summed E-state index contributed by atoms with van der Waals surface area (Å²) >= 11 is 0. The highest BCUT2D eigenvalue weighted by atomic mass is 15.0. The van der Waals surface area contributed by atoms with Crippen LogP contribution in [0, 0.1) is 0 Å². The largest absolute Gasteiger partial charge is 0.385 e. The molecule has 0 fully saturated rings. The molecule has 0 unspecified atom stereocenters. The highest BCUT2D eigenvalue weighted by Crippen LogP contribution is 2.35. The van der Waals surface area contributed by atoms with E-state index in [-0.39, 0.29) is 0 Å². The summed E-state index contributed by atoms with van der Waals surface area (Å²) in [4.78, 5) is 0. The molecule has 0 aliphatic rings. The third-order valence-electron chi connectivity index (χ3n) is 3.21. The first kappa shape index (κ1) is 9.97. The molecule has 0 aliphatic heterocycles. The number of aromatic nitrogens is 1. The molecule has 3 rings (SSSR count). The van der Waals surface area contributed by atoms with Crippen molar-refractivity contribution in [2.75, 3.05) is 5.73 Å². The molecule has 1 heterocycles. The number of para-hydroxylation sites is 1. The molecular formula is C15H14N2. The van der Waals surface area contributed by atoms with E-state index in [1.54, 1.807) is 0 Å². The second-order valence-corrected chi connectivity index (χ2v) is 4.20. The lowest BCUT2D eigenvalue weighted by Gasteiger charge is -2.02. The van der Waals surface area contributed by atoms with Crippen LogP contribution in [0.15, 0.2) is 54.6 Å². The lowest BCUT2D eigenvalue weighted by atomic mass is 10.0. The van der Waals surface area contributed by atoms with Crippen molar-refractivity contribution in [2.24, 2.45) is 7.05 Å². The minimum atomic E-state index is 0.817. The molecule has 2 heteroatoms. The Bertz CT molecular complexity index is 666. The predicted octanol–water partition coefficient (Wildman–Crippen LogP) is 3.43.